The van der Waals surface area contributed by atoms with Crippen LogP contribution in [0.5, 0.6) is 0 Å². The molecule has 0 heterocycles. The summed E-state index contributed by atoms with van der Waals surface area (Å²) < 4.78 is 21.4. The third kappa shape index (κ3) is 2.64. The van der Waals surface area contributed by atoms with Gasteiger partial charge < -0.3 is 10.2 Å². The molecule has 62 valence electrons. The Hall–Kier alpha value is -0.130. The average molecular weight is 168 g/mol. The number of aliphatic hydroxyl groups excluding tert-OH is 2. The van der Waals surface area contributed by atoms with Crippen LogP contribution in [0.2, 0.25) is 0 Å². The minimum atomic E-state index is -3.31. The second-order valence-corrected chi connectivity index (χ2v) is 4.56. The van der Waals surface area contributed by atoms with Gasteiger partial charge in [0.25, 0.3) is 0 Å². The maximum atomic E-state index is 10.7. The van der Waals surface area contributed by atoms with E-state index in [0.29, 0.717) is 0 Å². The Labute approximate surface area is 60.4 Å². The van der Waals surface area contributed by atoms with Gasteiger partial charge in [0.15, 0.2) is 9.84 Å². The number of sulfone groups is 1. The van der Waals surface area contributed by atoms with Crippen LogP contribution in [0.1, 0.15) is 6.92 Å². The Morgan fingerprint density at radius 3 is 1.90 bits per heavy atom. The van der Waals surface area contributed by atoms with Crippen LogP contribution in [0.3, 0.4) is 0 Å². The molecule has 0 saturated heterocycles. The van der Waals surface area contributed by atoms with Crippen molar-refractivity contribution in [1.82, 2.24) is 0 Å². The quantitative estimate of drug-likeness (QED) is 0.553. The molecule has 2 N–H and O–H groups in total. The summed E-state index contributed by atoms with van der Waals surface area (Å²) in [7, 11) is -3.31. The number of rotatable bonds is 3. The minimum Gasteiger partial charge on any atom is -0.395 e. The molecule has 10 heavy (non-hydrogen) atoms. The van der Waals surface area contributed by atoms with Crippen molar-refractivity contribution < 1.29 is 18.6 Å². The monoisotopic (exact) mass is 168 g/mol. The molecule has 0 fully saturated rings. The van der Waals surface area contributed by atoms with E-state index in [1.807, 2.05) is 0 Å². The van der Waals surface area contributed by atoms with E-state index >= 15 is 0 Å². The fraction of sp³-hybridized carbons (Fsp3) is 1.00. The Morgan fingerprint density at radius 1 is 1.50 bits per heavy atom. The van der Waals surface area contributed by atoms with E-state index < -0.39 is 27.8 Å². The lowest BCUT2D eigenvalue weighted by atomic mass is 10.3. The van der Waals surface area contributed by atoms with Crippen molar-refractivity contribution in [3.8, 4) is 0 Å². The molecule has 0 radical (unpaired) electrons. The summed E-state index contributed by atoms with van der Waals surface area (Å²) in [5.41, 5.74) is 0. The zero-order chi connectivity index (χ0) is 8.36. The van der Waals surface area contributed by atoms with E-state index in [-0.39, 0.29) is 0 Å². The largest absolute Gasteiger partial charge is 0.395 e. The van der Waals surface area contributed by atoms with Crippen LogP contribution >= 0.6 is 0 Å². The Kier molecular flexibility index (Phi) is 3.27. The maximum absolute atomic E-state index is 10.7. The lowest BCUT2D eigenvalue weighted by Crippen LogP contribution is -2.34. The van der Waals surface area contributed by atoms with Crippen molar-refractivity contribution in [2.75, 3.05) is 12.9 Å². The second-order valence-electron chi connectivity index (χ2n) is 2.29. The fourth-order valence-corrected chi connectivity index (χ4v) is 1.63. The molecule has 5 heteroatoms. The summed E-state index contributed by atoms with van der Waals surface area (Å²) in [6.45, 7) is 0.804. The predicted octanol–water partition coefficient (Wildman–Crippen LogP) is -1.23. The van der Waals surface area contributed by atoms with Crippen molar-refractivity contribution in [3.05, 3.63) is 0 Å². The zero-order valence-electron chi connectivity index (χ0n) is 5.98. The van der Waals surface area contributed by atoms with Crippen molar-refractivity contribution in [1.29, 1.82) is 0 Å². The first-order valence-corrected chi connectivity index (χ1v) is 4.83. The Morgan fingerprint density at radius 2 is 1.90 bits per heavy atom. The first kappa shape index (κ1) is 9.87. The van der Waals surface area contributed by atoms with Gasteiger partial charge in [-0.2, -0.15) is 0 Å². The van der Waals surface area contributed by atoms with Gasteiger partial charge in [-0.3, -0.25) is 0 Å². The average Bonchev–Trinajstić information content (AvgIpc) is 1.60. The number of aliphatic hydroxyl groups is 2. The van der Waals surface area contributed by atoms with Crippen molar-refractivity contribution in [3.63, 3.8) is 0 Å². The Balaban J connectivity index is 4.38. The Bertz CT molecular complexity index is 182. The molecule has 0 spiro atoms. The van der Waals surface area contributed by atoms with E-state index in [0.717, 1.165) is 6.26 Å². The van der Waals surface area contributed by atoms with Gasteiger partial charge in [-0.05, 0) is 6.92 Å². The van der Waals surface area contributed by atoms with E-state index in [1.54, 1.807) is 0 Å². The normalized spacial score (nSPS) is 18.4. The van der Waals surface area contributed by atoms with E-state index in [4.69, 9.17) is 10.2 Å². The van der Waals surface area contributed by atoms with Crippen molar-refractivity contribution >= 4 is 9.84 Å². The van der Waals surface area contributed by atoms with Gasteiger partial charge >= 0.3 is 0 Å². The molecule has 0 bridgehead atoms. The first-order chi connectivity index (χ1) is 4.39. The summed E-state index contributed by atoms with van der Waals surface area (Å²) in [5, 5.41) is 16.3. The highest BCUT2D eigenvalue weighted by Gasteiger charge is 2.24. The summed E-state index contributed by atoms with van der Waals surface area (Å²) in [5.74, 6) is 0. The van der Waals surface area contributed by atoms with Crippen LogP contribution in [0.15, 0.2) is 0 Å². The molecule has 0 aliphatic carbocycles. The van der Waals surface area contributed by atoms with Gasteiger partial charge in [0.05, 0.1) is 12.7 Å². The minimum absolute atomic E-state index is 0.531. The van der Waals surface area contributed by atoms with Crippen LogP contribution in [0, 0.1) is 0 Å². The summed E-state index contributed by atoms with van der Waals surface area (Å²) in [4.78, 5) is 0. The highest BCUT2D eigenvalue weighted by atomic mass is 32.2. The van der Waals surface area contributed by atoms with E-state index in [9.17, 15) is 8.42 Å². The summed E-state index contributed by atoms with van der Waals surface area (Å²) in [6.07, 6.45) is -0.0272. The first-order valence-electron chi connectivity index (χ1n) is 2.87. The van der Waals surface area contributed by atoms with Crippen molar-refractivity contribution in [2.45, 2.75) is 18.3 Å². The smallest absolute Gasteiger partial charge is 0.155 e. The van der Waals surface area contributed by atoms with Gasteiger partial charge in [-0.15, -0.1) is 0 Å². The molecule has 2 atom stereocenters. The van der Waals surface area contributed by atoms with Crippen LogP contribution in [-0.4, -0.2) is 42.8 Å². The lowest BCUT2D eigenvalue weighted by Gasteiger charge is -2.13. The maximum Gasteiger partial charge on any atom is 0.155 e. The van der Waals surface area contributed by atoms with E-state index in [1.165, 1.54) is 6.92 Å². The van der Waals surface area contributed by atoms with E-state index in [2.05, 4.69) is 0 Å². The van der Waals surface area contributed by atoms with Gasteiger partial charge in [-0.25, -0.2) is 8.42 Å². The molecule has 0 aromatic rings. The van der Waals surface area contributed by atoms with Gasteiger partial charge in [0.1, 0.15) is 5.25 Å². The third-order valence-corrected chi connectivity index (χ3v) is 2.91. The zero-order valence-corrected chi connectivity index (χ0v) is 6.80. The van der Waals surface area contributed by atoms with Crippen molar-refractivity contribution in [2.24, 2.45) is 0 Å². The van der Waals surface area contributed by atoms with Gasteiger partial charge in [0, 0.05) is 6.26 Å². The standard InChI is InChI=1S/C5H12O4S/c1-4(7)5(3-6)10(2,8)9/h4-7H,3H2,1-2H3/t4-,5+/m0/s1. The molecule has 0 amide bonds. The molecule has 0 rings (SSSR count). The highest BCUT2D eigenvalue weighted by molar-refractivity contribution is 7.91. The molecule has 4 nitrogen and oxygen atoms in total. The molecular weight excluding hydrogens is 156 g/mol. The molecule has 0 aromatic heterocycles. The molecule has 0 aliphatic rings. The topological polar surface area (TPSA) is 74.6 Å². The van der Waals surface area contributed by atoms with Crippen LogP contribution < -0.4 is 0 Å². The predicted molar refractivity (Wildman–Crippen MR) is 37.4 cm³/mol. The fourth-order valence-electron chi connectivity index (χ4n) is 0.646. The summed E-state index contributed by atoms with van der Waals surface area (Å²) in [6, 6.07) is 0. The molecular formula is C5H12O4S. The molecule has 0 aromatic carbocycles. The molecule has 0 unspecified atom stereocenters. The van der Waals surface area contributed by atoms with Gasteiger partial charge in [0.2, 0.25) is 0 Å². The van der Waals surface area contributed by atoms with Gasteiger partial charge in [-0.1, -0.05) is 0 Å². The molecule has 0 aliphatic heterocycles. The highest BCUT2D eigenvalue weighted by Crippen LogP contribution is 2.02. The van der Waals surface area contributed by atoms with Crippen LogP contribution in [-0.2, 0) is 9.84 Å². The second kappa shape index (κ2) is 3.32. The third-order valence-electron chi connectivity index (χ3n) is 1.27. The molecule has 0 saturated carbocycles. The number of hydrogen-bond donors (Lipinski definition) is 2. The van der Waals surface area contributed by atoms with Crippen LogP contribution in [0.25, 0.3) is 0 Å². The SMILES string of the molecule is C[C@H](O)[C@@H](CO)S(C)(=O)=O. The van der Waals surface area contributed by atoms with Crippen LogP contribution in [0.4, 0.5) is 0 Å². The number of hydrogen-bond acceptors (Lipinski definition) is 4. The lowest BCUT2D eigenvalue weighted by molar-refractivity contribution is 0.152. The summed E-state index contributed by atoms with van der Waals surface area (Å²) >= 11 is 0.